The van der Waals surface area contributed by atoms with Gasteiger partial charge >= 0.3 is 0 Å². The average Bonchev–Trinajstić information content (AvgIpc) is 2.84. The van der Waals surface area contributed by atoms with Crippen LogP contribution in [0.25, 0.3) is 0 Å². The largest absolute Gasteiger partial charge is 0.340 e. The minimum atomic E-state index is 0.268. The van der Waals surface area contributed by atoms with E-state index < -0.39 is 0 Å². The maximum Gasteiger partial charge on any atom is 0.223 e. The highest BCUT2D eigenvalue weighted by Gasteiger charge is 2.27. The van der Waals surface area contributed by atoms with E-state index in [2.05, 4.69) is 15.5 Å². The van der Waals surface area contributed by atoms with Crippen LogP contribution in [0, 0.1) is 12.8 Å². The van der Waals surface area contributed by atoms with Gasteiger partial charge in [0.15, 0.2) is 5.82 Å². The van der Waals surface area contributed by atoms with Crippen molar-refractivity contribution in [3.05, 3.63) is 11.7 Å². The van der Waals surface area contributed by atoms with Crippen LogP contribution < -0.4 is 5.32 Å². The molecule has 4 nitrogen and oxygen atoms in total. The van der Waals surface area contributed by atoms with Gasteiger partial charge in [-0.3, -0.25) is 0 Å². The Morgan fingerprint density at radius 3 is 2.85 bits per heavy atom. The van der Waals surface area contributed by atoms with Gasteiger partial charge in [-0.05, 0) is 19.4 Å². The fraction of sp³-hybridized carbons (Fsp3) is 0.778. The van der Waals surface area contributed by atoms with Crippen LogP contribution in [0.15, 0.2) is 4.52 Å². The van der Waals surface area contributed by atoms with Gasteiger partial charge in [-0.15, -0.1) is 0 Å². The van der Waals surface area contributed by atoms with Crippen LogP contribution >= 0.6 is 0 Å². The zero-order valence-corrected chi connectivity index (χ0v) is 8.08. The van der Waals surface area contributed by atoms with Crippen molar-refractivity contribution < 1.29 is 4.52 Å². The molecule has 1 aliphatic rings. The summed E-state index contributed by atoms with van der Waals surface area (Å²) in [5.41, 5.74) is 0. The van der Waals surface area contributed by atoms with E-state index in [1.807, 2.05) is 14.0 Å². The molecule has 1 saturated carbocycles. The Labute approximate surface area is 77.7 Å². The topological polar surface area (TPSA) is 51.0 Å². The summed E-state index contributed by atoms with van der Waals surface area (Å²) >= 11 is 0. The summed E-state index contributed by atoms with van der Waals surface area (Å²) in [5.74, 6) is 2.31. The highest BCUT2D eigenvalue weighted by atomic mass is 16.5. The lowest BCUT2D eigenvalue weighted by atomic mass is 10.1. The second-order valence-electron chi connectivity index (χ2n) is 3.69. The van der Waals surface area contributed by atoms with Crippen LogP contribution in [0.4, 0.5) is 0 Å². The second-order valence-corrected chi connectivity index (χ2v) is 3.69. The average molecular weight is 181 g/mol. The Kier molecular flexibility index (Phi) is 2.31. The number of nitrogens with zero attached hydrogens (tertiary/aromatic N) is 2. The van der Waals surface area contributed by atoms with Crippen molar-refractivity contribution in [2.24, 2.45) is 5.92 Å². The van der Waals surface area contributed by atoms with Gasteiger partial charge in [0, 0.05) is 6.92 Å². The maximum atomic E-state index is 4.95. The summed E-state index contributed by atoms with van der Waals surface area (Å²) in [4.78, 5) is 4.22. The molecule has 0 bridgehead atoms. The fourth-order valence-corrected chi connectivity index (χ4v) is 1.50. The molecular formula is C9H15N3O. The lowest BCUT2D eigenvalue weighted by Gasteiger charge is -2.10. The smallest absolute Gasteiger partial charge is 0.223 e. The first-order chi connectivity index (χ1) is 6.29. The second kappa shape index (κ2) is 3.46. The van der Waals surface area contributed by atoms with E-state index in [1.54, 1.807) is 0 Å². The van der Waals surface area contributed by atoms with E-state index in [4.69, 9.17) is 4.52 Å². The summed E-state index contributed by atoms with van der Waals surface area (Å²) in [6, 6.07) is 0.268. The van der Waals surface area contributed by atoms with Crippen molar-refractivity contribution in [1.82, 2.24) is 15.5 Å². The monoisotopic (exact) mass is 181 g/mol. The molecule has 0 radical (unpaired) electrons. The van der Waals surface area contributed by atoms with E-state index in [0.29, 0.717) is 5.89 Å². The van der Waals surface area contributed by atoms with E-state index in [1.165, 1.54) is 12.8 Å². The molecular weight excluding hydrogens is 166 g/mol. The SMILES string of the molecule is CNC(CC1CC1)c1noc(C)n1. The molecule has 1 fully saturated rings. The molecule has 1 unspecified atom stereocenters. The van der Waals surface area contributed by atoms with Crippen LogP contribution in [0.1, 0.15) is 37.0 Å². The number of hydrogen-bond donors (Lipinski definition) is 1. The van der Waals surface area contributed by atoms with Gasteiger partial charge in [0.1, 0.15) is 0 Å². The van der Waals surface area contributed by atoms with E-state index in [0.717, 1.165) is 18.2 Å². The summed E-state index contributed by atoms with van der Waals surface area (Å²) in [7, 11) is 1.94. The fourth-order valence-electron chi connectivity index (χ4n) is 1.50. The number of aromatic nitrogens is 2. The predicted molar refractivity (Wildman–Crippen MR) is 48.2 cm³/mol. The van der Waals surface area contributed by atoms with Crippen molar-refractivity contribution in [2.75, 3.05) is 7.05 Å². The van der Waals surface area contributed by atoms with Crippen molar-refractivity contribution in [2.45, 2.75) is 32.2 Å². The third-order valence-electron chi connectivity index (χ3n) is 2.47. The molecule has 72 valence electrons. The van der Waals surface area contributed by atoms with Crippen molar-refractivity contribution in [3.8, 4) is 0 Å². The van der Waals surface area contributed by atoms with Crippen LogP contribution in [-0.4, -0.2) is 17.2 Å². The van der Waals surface area contributed by atoms with Gasteiger partial charge in [-0.2, -0.15) is 4.98 Å². The molecule has 4 heteroatoms. The van der Waals surface area contributed by atoms with Gasteiger partial charge < -0.3 is 9.84 Å². The number of rotatable bonds is 4. The maximum absolute atomic E-state index is 4.95. The minimum absolute atomic E-state index is 0.268. The van der Waals surface area contributed by atoms with Crippen LogP contribution in [-0.2, 0) is 0 Å². The molecule has 1 aromatic rings. The summed E-state index contributed by atoms with van der Waals surface area (Å²) in [5, 5.41) is 7.14. The molecule has 0 saturated heterocycles. The molecule has 1 aliphatic carbocycles. The molecule has 0 spiro atoms. The quantitative estimate of drug-likeness (QED) is 0.763. The van der Waals surface area contributed by atoms with Gasteiger partial charge in [-0.1, -0.05) is 18.0 Å². The van der Waals surface area contributed by atoms with Gasteiger partial charge in [0.05, 0.1) is 6.04 Å². The predicted octanol–water partition coefficient (Wildman–Crippen LogP) is 1.44. The molecule has 0 aromatic carbocycles. The third kappa shape index (κ3) is 2.06. The van der Waals surface area contributed by atoms with Crippen LogP contribution in [0.5, 0.6) is 0 Å². The molecule has 0 aliphatic heterocycles. The summed E-state index contributed by atoms with van der Waals surface area (Å²) in [6.07, 6.45) is 3.85. The summed E-state index contributed by atoms with van der Waals surface area (Å²) in [6.45, 7) is 1.82. The van der Waals surface area contributed by atoms with Crippen LogP contribution in [0.2, 0.25) is 0 Å². The first-order valence-corrected chi connectivity index (χ1v) is 4.77. The van der Waals surface area contributed by atoms with Crippen LogP contribution in [0.3, 0.4) is 0 Å². The molecule has 1 aromatic heterocycles. The van der Waals surface area contributed by atoms with Gasteiger partial charge in [-0.25, -0.2) is 0 Å². The highest BCUT2D eigenvalue weighted by molar-refractivity contribution is 4.95. The number of hydrogen-bond acceptors (Lipinski definition) is 4. The Balaban J connectivity index is 2.01. The van der Waals surface area contributed by atoms with Gasteiger partial charge in [0.25, 0.3) is 0 Å². The Hall–Kier alpha value is -0.900. The highest BCUT2D eigenvalue weighted by Crippen LogP contribution is 2.36. The Morgan fingerprint density at radius 2 is 2.38 bits per heavy atom. The molecule has 1 atom stereocenters. The minimum Gasteiger partial charge on any atom is -0.340 e. The third-order valence-corrected chi connectivity index (χ3v) is 2.47. The Morgan fingerprint density at radius 1 is 1.62 bits per heavy atom. The summed E-state index contributed by atoms with van der Waals surface area (Å²) < 4.78 is 4.95. The van der Waals surface area contributed by atoms with E-state index in [-0.39, 0.29) is 6.04 Å². The molecule has 0 amide bonds. The van der Waals surface area contributed by atoms with E-state index in [9.17, 15) is 0 Å². The molecule has 1 N–H and O–H groups in total. The van der Waals surface area contributed by atoms with Gasteiger partial charge in [0.2, 0.25) is 5.89 Å². The molecule has 13 heavy (non-hydrogen) atoms. The lowest BCUT2D eigenvalue weighted by Crippen LogP contribution is -2.18. The molecule has 1 heterocycles. The first-order valence-electron chi connectivity index (χ1n) is 4.77. The normalized spacial score (nSPS) is 18.9. The molecule has 2 rings (SSSR count). The van der Waals surface area contributed by atoms with Crippen molar-refractivity contribution in [1.29, 1.82) is 0 Å². The first kappa shape index (κ1) is 8.69. The Bertz CT molecular complexity index is 280. The zero-order chi connectivity index (χ0) is 9.26. The van der Waals surface area contributed by atoms with Crippen molar-refractivity contribution >= 4 is 0 Å². The standard InChI is InChI=1S/C9H15N3O/c1-6-11-9(12-13-6)8(10-2)5-7-3-4-7/h7-8,10H,3-5H2,1-2H3. The zero-order valence-electron chi connectivity index (χ0n) is 8.08. The number of nitrogens with one attached hydrogen (secondary N) is 1. The number of aryl methyl sites for hydroxylation is 1. The van der Waals surface area contributed by atoms with E-state index >= 15 is 0 Å². The lowest BCUT2D eigenvalue weighted by molar-refractivity contribution is 0.374. The van der Waals surface area contributed by atoms with Crippen molar-refractivity contribution in [3.63, 3.8) is 0 Å².